The average Bonchev–Trinajstić information content (AvgIpc) is 2.73. The second-order valence-electron chi connectivity index (χ2n) is 6.47. The van der Waals surface area contributed by atoms with Crippen LogP contribution in [0.1, 0.15) is 27.0 Å². The van der Waals surface area contributed by atoms with Gasteiger partial charge in [0.25, 0.3) is 5.91 Å². The molecule has 3 aromatic carbocycles. The molecule has 0 radical (unpaired) electrons. The quantitative estimate of drug-likeness (QED) is 0.588. The van der Waals surface area contributed by atoms with Crippen LogP contribution in [0.3, 0.4) is 0 Å². The number of carbonyl (C=O) groups is 2. The van der Waals surface area contributed by atoms with E-state index in [0.29, 0.717) is 23.5 Å². The Balaban J connectivity index is 1.75. The maximum absolute atomic E-state index is 12.3. The van der Waals surface area contributed by atoms with E-state index in [4.69, 9.17) is 4.74 Å². The van der Waals surface area contributed by atoms with Gasteiger partial charge in [-0.1, -0.05) is 54.6 Å². The van der Waals surface area contributed by atoms with Crippen molar-refractivity contribution in [1.29, 1.82) is 0 Å². The Morgan fingerprint density at radius 3 is 2.41 bits per heavy atom. The van der Waals surface area contributed by atoms with E-state index in [1.165, 1.54) is 6.08 Å². The highest BCUT2D eigenvalue weighted by Gasteiger charge is 2.13. The van der Waals surface area contributed by atoms with Crippen molar-refractivity contribution < 1.29 is 19.4 Å². The first-order valence-electron chi connectivity index (χ1n) is 9.11. The first-order chi connectivity index (χ1) is 14.0. The van der Waals surface area contributed by atoms with Gasteiger partial charge in [0.2, 0.25) is 0 Å². The van der Waals surface area contributed by atoms with Gasteiger partial charge in [0.15, 0.2) is 0 Å². The minimum Gasteiger partial charge on any atom is -0.489 e. The second-order valence-corrected chi connectivity index (χ2v) is 6.47. The van der Waals surface area contributed by atoms with E-state index in [1.807, 2.05) is 31.2 Å². The average molecular weight is 387 g/mol. The van der Waals surface area contributed by atoms with Crippen LogP contribution in [0.15, 0.2) is 84.6 Å². The van der Waals surface area contributed by atoms with Crippen molar-refractivity contribution in [3.8, 4) is 5.75 Å². The fraction of sp³-hybridized carbons (Fsp3) is 0.0833. The molecular formula is C24H21NO4. The molecule has 1 amide bonds. The molecule has 0 saturated heterocycles. The van der Waals surface area contributed by atoms with Crippen LogP contribution >= 0.6 is 0 Å². The summed E-state index contributed by atoms with van der Waals surface area (Å²) in [7, 11) is 0. The number of hydrogen-bond donors (Lipinski definition) is 2. The number of rotatable bonds is 7. The third-order valence-corrected chi connectivity index (χ3v) is 4.34. The molecule has 0 aliphatic heterocycles. The number of nitrogens with one attached hydrogen (secondary N) is 1. The van der Waals surface area contributed by atoms with E-state index in [9.17, 15) is 14.7 Å². The van der Waals surface area contributed by atoms with Gasteiger partial charge >= 0.3 is 5.97 Å². The highest BCUT2D eigenvalue weighted by atomic mass is 16.5. The summed E-state index contributed by atoms with van der Waals surface area (Å²) in [5.41, 5.74) is 3.00. The molecule has 0 fully saturated rings. The zero-order valence-corrected chi connectivity index (χ0v) is 16.0. The number of hydrogen-bond acceptors (Lipinski definition) is 3. The molecule has 0 aliphatic carbocycles. The molecule has 0 aliphatic rings. The fourth-order valence-electron chi connectivity index (χ4n) is 2.73. The van der Waals surface area contributed by atoms with Crippen LogP contribution in [0.25, 0.3) is 6.08 Å². The monoisotopic (exact) mass is 387 g/mol. The maximum atomic E-state index is 12.3. The van der Waals surface area contributed by atoms with E-state index in [1.54, 1.807) is 54.6 Å². The highest BCUT2D eigenvalue weighted by Crippen LogP contribution is 2.18. The van der Waals surface area contributed by atoms with Gasteiger partial charge in [-0.2, -0.15) is 0 Å². The number of aryl methyl sites for hydroxylation is 1. The summed E-state index contributed by atoms with van der Waals surface area (Å²) in [4.78, 5) is 23.9. The molecule has 3 rings (SSSR count). The Hall–Kier alpha value is -3.86. The van der Waals surface area contributed by atoms with E-state index < -0.39 is 11.9 Å². The first kappa shape index (κ1) is 19.9. The summed E-state index contributed by atoms with van der Waals surface area (Å²) in [6.45, 7) is 2.43. The molecule has 146 valence electrons. The summed E-state index contributed by atoms with van der Waals surface area (Å²) in [6.07, 6.45) is 1.41. The van der Waals surface area contributed by atoms with Crippen molar-refractivity contribution >= 4 is 18.0 Å². The lowest BCUT2D eigenvalue weighted by atomic mass is 10.1. The molecule has 2 N–H and O–H groups in total. The van der Waals surface area contributed by atoms with Crippen LogP contribution in [-0.4, -0.2) is 17.0 Å². The lowest BCUT2D eigenvalue weighted by Crippen LogP contribution is -2.27. The molecule has 0 saturated carbocycles. The van der Waals surface area contributed by atoms with E-state index >= 15 is 0 Å². The maximum Gasteiger partial charge on any atom is 0.352 e. The molecule has 0 aromatic heterocycles. The van der Waals surface area contributed by atoms with Gasteiger partial charge in [0.1, 0.15) is 18.1 Å². The SMILES string of the molecule is Cc1ccccc1COc1cccc(C=C(NC(=O)c2ccccc2)C(=O)O)c1. The first-order valence-corrected chi connectivity index (χ1v) is 9.11. The highest BCUT2D eigenvalue weighted by molar-refractivity contribution is 6.02. The molecular weight excluding hydrogens is 366 g/mol. The zero-order chi connectivity index (χ0) is 20.6. The zero-order valence-electron chi connectivity index (χ0n) is 16.0. The second kappa shape index (κ2) is 9.37. The van der Waals surface area contributed by atoms with Crippen LogP contribution in [0, 0.1) is 6.92 Å². The van der Waals surface area contributed by atoms with E-state index in [0.717, 1.165) is 11.1 Å². The Bertz CT molecular complexity index is 1040. The lowest BCUT2D eigenvalue weighted by Gasteiger charge is -2.10. The number of aliphatic carboxylic acids is 1. The van der Waals surface area contributed by atoms with E-state index in [-0.39, 0.29) is 5.70 Å². The number of carboxylic acid groups (broad SMARTS) is 1. The number of ether oxygens (including phenoxy) is 1. The Kier molecular flexibility index (Phi) is 6.43. The number of benzene rings is 3. The normalized spacial score (nSPS) is 11.0. The van der Waals surface area contributed by atoms with Crippen LogP contribution < -0.4 is 10.1 Å². The Morgan fingerprint density at radius 1 is 0.966 bits per heavy atom. The summed E-state index contributed by atoms with van der Waals surface area (Å²) < 4.78 is 5.84. The minimum atomic E-state index is -1.22. The van der Waals surface area contributed by atoms with Gasteiger partial charge < -0.3 is 15.2 Å². The van der Waals surface area contributed by atoms with E-state index in [2.05, 4.69) is 5.32 Å². The number of carboxylic acids is 1. The van der Waals surface area contributed by atoms with Gasteiger partial charge in [-0.15, -0.1) is 0 Å². The molecule has 0 bridgehead atoms. The van der Waals surface area contributed by atoms with Gasteiger partial charge in [-0.3, -0.25) is 4.79 Å². The Morgan fingerprint density at radius 2 is 1.69 bits per heavy atom. The molecule has 29 heavy (non-hydrogen) atoms. The van der Waals surface area contributed by atoms with Crippen LogP contribution in [0.4, 0.5) is 0 Å². The number of amides is 1. The Labute approximate surface area is 169 Å². The summed E-state index contributed by atoms with van der Waals surface area (Å²) in [5.74, 6) is -1.09. The van der Waals surface area contributed by atoms with Gasteiger partial charge in [0.05, 0.1) is 0 Å². The minimum absolute atomic E-state index is 0.213. The molecule has 0 spiro atoms. The topological polar surface area (TPSA) is 75.6 Å². The molecule has 3 aromatic rings. The molecule has 5 heteroatoms. The van der Waals surface area contributed by atoms with Gasteiger partial charge in [0, 0.05) is 5.56 Å². The predicted octanol–water partition coefficient (Wildman–Crippen LogP) is 4.43. The molecule has 0 unspecified atom stereocenters. The van der Waals surface area contributed by atoms with Crippen LogP contribution in [0.5, 0.6) is 5.75 Å². The van der Waals surface area contributed by atoms with Crippen molar-refractivity contribution in [2.45, 2.75) is 13.5 Å². The van der Waals surface area contributed by atoms with Gasteiger partial charge in [-0.05, 0) is 54.0 Å². The van der Waals surface area contributed by atoms with Crippen molar-refractivity contribution in [2.75, 3.05) is 0 Å². The summed E-state index contributed by atoms with van der Waals surface area (Å²) in [6, 6.07) is 23.5. The smallest absolute Gasteiger partial charge is 0.352 e. The van der Waals surface area contributed by atoms with Crippen molar-refractivity contribution in [3.63, 3.8) is 0 Å². The third kappa shape index (κ3) is 5.56. The molecule has 0 atom stereocenters. The number of carbonyl (C=O) groups excluding carboxylic acids is 1. The molecule has 5 nitrogen and oxygen atoms in total. The summed E-state index contributed by atoms with van der Waals surface area (Å²) >= 11 is 0. The third-order valence-electron chi connectivity index (χ3n) is 4.34. The predicted molar refractivity (Wildman–Crippen MR) is 111 cm³/mol. The van der Waals surface area contributed by atoms with Crippen molar-refractivity contribution in [2.24, 2.45) is 0 Å². The largest absolute Gasteiger partial charge is 0.489 e. The van der Waals surface area contributed by atoms with Crippen molar-refractivity contribution in [3.05, 3.63) is 107 Å². The standard InChI is InChI=1S/C24H21NO4/c1-17-8-5-6-12-20(17)16-29-21-13-7-9-18(14-21)15-22(24(27)28)25-23(26)19-10-3-2-4-11-19/h2-15H,16H2,1H3,(H,25,26)(H,27,28). The molecule has 0 heterocycles. The van der Waals surface area contributed by atoms with Crippen LogP contribution in [0.2, 0.25) is 0 Å². The van der Waals surface area contributed by atoms with Crippen molar-refractivity contribution in [1.82, 2.24) is 5.32 Å². The van der Waals surface area contributed by atoms with Gasteiger partial charge in [-0.25, -0.2) is 4.79 Å². The fourth-order valence-corrected chi connectivity index (χ4v) is 2.73. The van der Waals surface area contributed by atoms with Crippen LogP contribution in [-0.2, 0) is 11.4 Å². The summed E-state index contributed by atoms with van der Waals surface area (Å²) in [5, 5.41) is 11.9. The lowest BCUT2D eigenvalue weighted by molar-refractivity contribution is -0.132.